The molecule has 0 spiro atoms. The molecule has 7 heteroatoms. The molecule has 1 saturated heterocycles. The molecule has 7 nitrogen and oxygen atoms in total. The largest absolute Gasteiger partial charge is 0.379 e. The highest BCUT2D eigenvalue weighted by Gasteiger charge is 2.17. The van der Waals surface area contributed by atoms with Crippen LogP contribution in [0.5, 0.6) is 0 Å². The number of nitrogens with zero attached hydrogens (tertiary/aromatic N) is 3. The minimum Gasteiger partial charge on any atom is -0.379 e. The van der Waals surface area contributed by atoms with Crippen LogP contribution in [-0.2, 0) is 11.8 Å². The molecule has 2 aromatic rings. The van der Waals surface area contributed by atoms with Gasteiger partial charge in [-0.25, -0.2) is 4.68 Å². The molecule has 1 aliphatic rings. The predicted octanol–water partition coefficient (Wildman–Crippen LogP) is 1.29. The lowest BCUT2D eigenvalue weighted by Crippen LogP contribution is -2.43. The van der Waals surface area contributed by atoms with E-state index in [0.29, 0.717) is 23.8 Å². The molecule has 1 atom stereocenters. The van der Waals surface area contributed by atoms with Crippen molar-refractivity contribution in [1.82, 2.24) is 20.0 Å². The third-order valence-electron chi connectivity index (χ3n) is 4.90. The molecule has 0 radical (unpaired) electrons. The van der Waals surface area contributed by atoms with E-state index in [-0.39, 0.29) is 11.5 Å². The lowest BCUT2D eigenvalue weighted by molar-refractivity contribution is 0.0187. The second-order valence-electron chi connectivity index (χ2n) is 6.80. The molecular formula is C20H26N4O3. The zero-order valence-corrected chi connectivity index (χ0v) is 15.9. The second-order valence-corrected chi connectivity index (χ2v) is 6.80. The maximum absolute atomic E-state index is 12.5. The van der Waals surface area contributed by atoms with Gasteiger partial charge in [-0.1, -0.05) is 12.1 Å². The number of carbonyl (C=O) groups is 1. The van der Waals surface area contributed by atoms with Gasteiger partial charge >= 0.3 is 0 Å². The van der Waals surface area contributed by atoms with Gasteiger partial charge in [0.2, 0.25) is 0 Å². The summed E-state index contributed by atoms with van der Waals surface area (Å²) in [4.78, 5) is 26.4. The Hall–Kier alpha value is -2.51. The molecule has 1 aromatic carbocycles. The van der Waals surface area contributed by atoms with Crippen LogP contribution in [0.15, 0.2) is 41.2 Å². The van der Waals surface area contributed by atoms with Gasteiger partial charge in [0.05, 0.1) is 18.9 Å². The Morgan fingerprint density at radius 3 is 2.78 bits per heavy atom. The van der Waals surface area contributed by atoms with Crippen LogP contribution in [-0.4, -0.2) is 59.5 Å². The Morgan fingerprint density at radius 1 is 1.26 bits per heavy atom. The van der Waals surface area contributed by atoms with Crippen molar-refractivity contribution in [3.63, 3.8) is 0 Å². The number of carbonyl (C=O) groups excluding carboxylic acids is 1. The van der Waals surface area contributed by atoms with E-state index in [0.717, 1.165) is 38.3 Å². The van der Waals surface area contributed by atoms with Gasteiger partial charge in [0.25, 0.3) is 11.5 Å². The number of aryl methyl sites for hydroxylation is 1. The molecular weight excluding hydrogens is 344 g/mol. The van der Waals surface area contributed by atoms with Crippen LogP contribution in [0.4, 0.5) is 0 Å². The number of benzene rings is 1. The van der Waals surface area contributed by atoms with Gasteiger partial charge in [-0.3, -0.25) is 14.5 Å². The number of nitrogens with one attached hydrogen (secondary N) is 1. The number of morpholine rings is 1. The highest BCUT2D eigenvalue weighted by molar-refractivity contribution is 5.95. The fraction of sp³-hybridized carbons (Fsp3) is 0.450. The average Bonchev–Trinajstić information content (AvgIpc) is 2.70. The monoisotopic (exact) mass is 370 g/mol. The van der Waals surface area contributed by atoms with Gasteiger partial charge in [-0.15, -0.1) is 0 Å². The van der Waals surface area contributed by atoms with E-state index in [9.17, 15) is 9.59 Å². The van der Waals surface area contributed by atoms with E-state index in [1.165, 1.54) is 10.7 Å². The summed E-state index contributed by atoms with van der Waals surface area (Å²) in [7, 11) is 1.61. The first-order valence-electron chi connectivity index (χ1n) is 9.29. The summed E-state index contributed by atoms with van der Waals surface area (Å²) >= 11 is 0. The maximum Gasteiger partial charge on any atom is 0.266 e. The number of aromatic nitrogens is 2. The smallest absolute Gasteiger partial charge is 0.266 e. The van der Waals surface area contributed by atoms with Crippen molar-refractivity contribution in [3.05, 3.63) is 52.3 Å². The Kier molecular flexibility index (Phi) is 6.36. The van der Waals surface area contributed by atoms with Gasteiger partial charge in [-0.2, -0.15) is 5.10 Å². The summed E-state index contributed by atoms with van der Waals surface area (Å²) in [6, 6.07) is 10.8. The van der Waals surface area contributed by atoms with Crippen LogP contribution in [0.1, 0.15) is 23.7 Å². The molecule has 1 N–H and O–H groups in total. The molecule has 0 saturated carbocycles. The third kappa shape index (κ3) is 5.02. The Bertz CT molecular complexity index is 843. The molecule has 27 heavy (non-hydrogen) atoms. The normalized spacial score (nSPS) is 16.1. The lowest BCUT2D eigenvalue weighted by Gasteiger charge is -2.32. The van der Waals surface area contributed by atoms with Crippen LogP contribution in [0, 0.1) is 0 Å². The van der Waals surface area contributed by atoms with Gasteiger partial charge in [-0.05, 0) is 31.5 Å². The fourth-order valence-electron chi connectivity index (χ4n) is 3.17. The zero-order valence-electron chi connectivity index (χ0n) is 15.9. The average molecular weight is 370 g/mol. The third-order valence-corrected chi connectivity index (χ3v) is 4.90. The van der Waals surface area contributed by atoms with Gasteiger partial charge in [0.1, 0.15) is 0 Å². The molecule has 1 aliphatic heterocycles. The first-order chi connectivity index (χ1) is 13.0. The topological polar surface area (TPSA) is 76.5 Å². The van der Waals surface area contributed by atoms with Crippen LogP contribution < -0.4 is 10.9 Å². The molecule has 1 unspecified atom stereocenters. The second kappa shape index (κ2) is 8.92. The van der Waals surface area contributed by atoms with Gasteiger partial charge < -0.3 is 10.1 Å². The summed E-state index contributed by atoms with van der Waals surface area (Å²) in [5.41, 5.74) is 1.89. The van der Waals surface area contributed by atoms with Gasteiger partial charge in [0.15, 0.2) is 0 Å². The summed E-state index contributed by atoms with van der Waals surface area (Å²) in [6.07, 6.45) is 0.897. The number of ether oxygens (including phenoxy) is 1. The maximum atomic E-state index is 12.5. The molecule has 2 heterocycles. The zero-order chi connectivity index (χ0) is 19.2. The Labute approximate surface area is 158 Å². The predicted molar refractivity (Wildman–Crippen MR) is 104 cm³/mol. The minimum atomic E-state index is -0.165. The van der Waals surface area contributed by atoms with Crippen molar-refractivity contribution in [3.8, 4) is 11.3 Å². The lowest BCUT2D eigenvalue weighted by atomic mass is 10.1. The molecule has 144 valence electrons. The number of amides is 1. The SMILES string of the molecule is CC(CCNC(=O)c1cccc(-c2ccc(=O)n(C)n2)c1)N1CCOCC1. The molecule has 0 aliphatic carbocycles. The number of hydrogen-bond acceptors (Lipinski definition) is 5. The quantitative estimate of drug-likeness (QED) is 0.829. The van der Waals surface area contributed by atoms with Crippen molar-refractivity contribution in [2.75, 3.05) is 32.8 Å². The van der Waals surface area contributed by atoms with Crippen molar-refractivity contribution >= 4 is 5.91 Å². The van der Waals surface area contributed by atoms with E-state index in [4.69, 9.17) is 4.74 Å². The highest BCUT2D eigenvalue weighted by Crippen LogP contribution is 2.17. The summed E-state index contributed by atoms with van der Waals surface area (Å²) in [5, 5.41) is 7.23. The van der Waals surface area contributed by atoms with Crippen LogP contribution in [0.25, 0.3) is 11.3 Å². The summed E-state index contributed by atoms with van der Waals surface area (Å²) < 4.78 is 6.66. The number of hydrogen-bond donors (Lipinski definition) is 1. The van der Waals surface area contributed by atoms with Crippen molar-refractivity contribution in [2.45, 2.75) is 19.4 Å². The summed E-state index contributed by atoms with van der Waals surface area (Å²) in [6.45, 7) is 6.27. The standard InChI is InChI=1S/C20H26N4O3/c1-15(24-10-12-27-13-11-24)8-9-21-20(26)17-5-3-4-16(14-17)18-6-7-19(25)23(2)22-18/h3-7,14-15H,8-13H2,1-2H3,(H,21,26). The van der Waals surface area contributed by atoms with Crippen molar-refractivity contribution in [1.29, 1.82) is 0 Å². The first kappa shape index (κ1) is 19.3. The molecule has 3 rings (SSSR count). The molecule has 1 fully saturated rings. The van der Waals surface area contributed by atoms with Gasteiger partial charge in [0, 0.05) is 49.9 Å². The molecule has 1 aromatic heterocycles. The van der Waals surface area contributed by atoms with E-state index >= 15 is 0 Å². The van der Waals surface area contributed by atoms with Crippen LogP contribution in [0.3, 0.4) is 0 Å². The molecule has 1 amide bonds. The van der Waals surface area contributed by atoms with Crippen LogP contribution in [0.2, 0.25) is 0 Å². The fourth-order valence-corrected chi connectivity index (χ4v) is 3.17. The van der Waals surface area contributed by atoms with Crippen molar-refractivity contribution in [2.24, 2.45) is 7.05 Å². The highest BCUT2D eigenvalue weighted by atomic mass is 16.5. The summed E-state index contributed by atoms with van der Waals surface area (Å²) in [5.74, 6) is -0.101. The number of rotatable bonds is 6. The Morgan fingerprint density at radius 2 is 2.04 bits per heavy atom. The minimum absolute atomic E-state index is 0.101. The Balaban J connectivity index is 1.58. The van der Waals surface area contributed by atoms with Crippen molar-refractivity contribution < 1.29 is 9.53 Å². The first-order valence-corrected chi connectivity index (χ1v) is 9.29. The van der Waals surface area contributed by atoms with E-state index in [1.54, 1.807) is 25.2 Å². The molecule has 0 bridgehead atoms. The van der Waals surface area contributed by atoms with E-state index in [2.05, 4.69) is 22.2 Å². The van der Waals surface area contributed by atoms with Crippen LogP contribution >= 0.6 is 0 Å². The van der Waals surface area contributed by atoms with E-state index < -0.39 is 0 Å². The van der Waals surface area contributed by atoms with E-state index in [1.807, 2.05) is 12.1 Å².